The van der Waals surface area contributed by atoms with Crippen LogP contribution in [-0.2, 0) is 0 Å². The Labute approximate surface area is 141 Å². The lowest BCUT2D eigenvalue weighted by molar-refractivity contribution is 0.600. The molecule has 22 heavy (non-hydrogen) atoms. The van der Waals surface area contributed by atoms with Gasteiger partial charge in [-0.05, 0) is 51.4 Å². The average Bonchev–Trinajstić information content (AvgIpc) is 2.54. The fraction of sp³-hybridized carbons (Fsp3) is 0.636. The van der Waals surface area contributed by atoms with E-state index in [2.05, 4.69) is 26.3 Å². The highest BCUT2D eigenvalue weighted by Gasteiger charge is 1.88. The average molecular weight is 305 g/mol. The molecule has 0 nitrogen and oxygen atoms in total. The Kier molecular flexibility index (Phi) is 26.3. The number of unbranched alkanes of at least 4 members (excludes halogenated alkanes) is 12. The predicted molar refractivity (Wildman–Crippen MR) is 105 cm³/mol. The van der Waals surface area contributed by atoms with Crippen molar-refractivity contribution in [3.05, 3.63) is 50.6 Å². The van der Waals surface area contributed by atoms with Crippen molar-refractivity contribution in [3.8, 4) is 0 Å². The molecule has 0 aromatic heterocycles. The summed E-state index contributed by atoms with van der Waals surface area (Å²) in [7, 11) is 0. The fourth-order valence-electron chi connectivity index (χ4n) is 2.22. The monoisotopic (exact) mass is 304 g/mol. The van der Waals surface area contributed by atoms with Crippen molar-refractivity contribution in [3.63, 3.8) is 0 Å². The third-order valence-corrected chi connectivity index (χ3v) is 3.63. The molecule has 0 aliphatic rings. The zero-order valence-corrected chi connectivity index (χ0v) is 15.0. The molecule has 0 rings (SSSR count). The van der Waals surface area contributed by atoms with Gasteiger partial charge in [0.05, 0.1) is 0 Å². The quantitative estimate of drug-likeness (QED) is 0.199. The summed E-state index contributed by atoms with van der Waals surface area (Å²) in [6.45, 7) is 14.8. The smallest absolute Gasteiger partial charge is 0.0353 e. The molecule has 0 aromatic rings. The second kappa shape index (κ2) is 24.9. The normalized spacial score (nSPS) is 9.45. The molecule has 0 N–H and O–H groups in total. The largest absolute Gasteiger partial charge is 0.103 e. The van der Waals surface area contributed by atoms with E-state index in [0.717, 1.165) is 0 Å². The van der Waals surface area contributed by atoms with Gasteiger partial charge in [-0.1, -0.05) is 62.8 Å². The van der Waals surface area contributed by atoms with Crippen LogP contribution in [0.3, 0.4) is 0 Å². The lowest BCUT2D eigenvalue weighted by atomic mass is 10.1. The van der Waals surface area contributed by atoms with Crippen molar-refractivity contribution in [2.24, 2.45) is 0 Å². The Morgan fingerprint density at radius 2 is 0.500 bits per heavy atom. The molecule has 0 aromatic carbocycles. The second-order valence-electron chi connectivity index (χ2n) is 5.84. The minimum atomic E-state index is 1.17. The van der Waals surface area contributed by atoms with E-state index in [1.54, 1.807) is 0 Å². The van der Waals surface area contributed by atoms with Gasteiger partial charge in [0.1, 0.15) is 0 Å². The van der Waals surface area contributed by atoms with Crippen LogP contribution in [0.2, 0.25) is 0 Å². The third-order valence-electron chi connectivity index (χ3n) is 3.63. The first-order valence-electron chi connectivity index (χ1n) is 9.27. The fourth-order valence-corrected chi connectivity index (χ4v) is 2.22. The van der Waals surface area contributed by atoms with Crippen molar-refractivity contribution >= 4 is 0 Å². The van der Waals surface area contributed by atoms with Gasteiger partial charge in [-0.2, -0.15) is 0 Å². The maximum Gasteiger partial charge on any atom is -0.0353 e. The van der Waals surface area contributed by atoms with E-state index >= 15 is 0 Å². The molecule has 0 saturated heterocycles. The molecule has 0 radical (unpaired) electrons. The summed E-state index contributed by atoms with van der Waals surface area (Å²) in [4.78, 5) is 0. The van der Waals surface area contributed by atoms with Crippen LogP contribution in [0.25, 0.3) is 0 Å². The molecule has 0 aliphatic carbocycles. The van der Waals surface area contributed by atoms with Gasteiger partial charge in [0.2, 0.25) is 0 Å². The lowest BCUT2D eigenvalue weighted by Gasteiger charge is -1.98. The summed E-state index contributed by atoms with van der Waals surface area (Å²) in [5.41, 5.74) is 0. The number of hydrogen-bond donors (Lipinski definition) is 0. The van der Waals surface area contributed by atoms with Crippen LogP contribution in [-0.4, -0.2) is 0 Å². The van der Waals surface area contributed by atoms with Crippen LogP contribution in [0.15, 0.2) is 50.6 Å². The third kappa shape index (κ3) is 27.3. The van der Waals surface area contributed by atoms with Gasteiger partial charge in [-0.15, -0.1) is 26.3 Å². The summed E-state index contributed by atoms with van der Waals surface area (Å²) in [6, 6.07) is 0. The Balaban J connectivity index is 0. The summed E-state index contributed by atoms with van der Waals surface area (Å²) in [5, 5.41) is 0. The summed E-state index contributed by atoms with van der Waals surface area (Å²) in [6.07, 6.45) is 26.2. The van der Waals surface area contributed by atoms with Crippen molar-refractivity contribution in [1.82, 2.24) is 0 Å². The molecule has 0 amide bonds. The van der Waals surface area contributed by atoms with Crippen molar-refractivity contribution < 1.29 is 0 Å². The molecule has 0 fully saturated rings. The summed E-state index contributed by atoms with van der Waals surface area (Å²) in [5.74, 6) is 0. The minimum Gasteiger partial charge on any atom is -0.103 e. The number of allylic oxidation sites excluding steroid dienone is 4. The Hall–Kier alpha value is -1.04. The highest BCUT2D eigenvalue weighted by molar-refractivity contribution is 4.68. The highest BCUT2D eigenvalue weighted by Crippen LogP contribution is 2.08. The lowest BCUT2D eigenvalue weighted by Crippen LogP contribution is -1.78. The van der Waals surface area contributed by atoms with Crippen molar-refractivity contribution in [2.75, 3.05) is 0 Å². The zero-order valence-electron chi connectivity index (χ0n) is 15.0. The van der Waals surface area contributed by atoms with Gasteiger partial charge in [-0.25, -0.2) is 0 Å². The van der Waals surface area contributed by atoms with Crippen LogP contribution in [0.4, 0.5) is 0 Å². The van der Waals surface area contributed by atoms with Crippen LogP contribution < -0.4 is 0 Å². The molecule has 0 bridgehead atoms. The van der Waals surface area contributed by atoms with E-state index in [0.29, 0.717) is 0 Å². The Morgan fingerprint density at radius 1 is 0.318 bits per heavy atom. The molecule has 128 valence electrons. The highest BCUT2D eigenvalue weighted by atomic mass is 13.9. The predicted octanol–water partition coefficient (Wildman–Crippen LogP) is 8.18. The second-order valence-corrected chi connectivity index (χ2v) is 5.84. The molecular weight excluding hydrogens is 264 g/mol. The zero-order chi connectivity index (χ0) is 16.7. The van der Waals surface area contributed by atoms with Gasteiger partial charge >= 0.3 is 0 Å². The van der Waals surface area contributed by atoms with Gasteiger partial charge in [0.25, 0.3) is 0 Å². The first-order valence-corrected chi connectivity index (χ1v) is 9.27. The molecule has 0 spiro atoms. The van der Waals surface area contributed by atoms with E-state index in [4.69, 9.17) is 0 Å². The van der Waals surface area contributed by atoms with Crippen molar-refractivity contribution in [1.29, 1.82) is 0 Å². The molecule has 0 atom stereocenters. The first kappa shape index (κ1) is 23.2. The minimum absolute atomic E-state index is 1.17. The van der Waals surface area contributed by atoms with Crippen LogP contribution in [0.5, 0.6) is 0 Å². The number of rotatable bonds is 16. The van der Waals surface area contributed by atoms with E-state index in [9.17, 15) is 0 Å². The summed E-state index contributed by atoms with van der Waals surface area (Å²) < 4.78 is 0. The van der Waals surface area contributed by atoms with Gasteiger partial charge < -0.3 is 0 Å². The molecule has 0 unspecified atom stereocenters. The Morgan fingerprint density at radius 3 is 0.682 bits per heavy atom. The molecule has 0 aliphatic heterocycles. The molecule has 0 heteroatoms. The van der Waals surface area contributed by atoms with Crippen LogP contribution in [0, 0.1) is 0 Å². The van der Waals surface area contributed by atoms with E-state index in [1.807, 2.05) is 24.3 Å². The standard InChI is InChI=1S/C12H22.C10H18/c1-3-5-7-9-11-12-10-8-6-4-2;1-3-5-7-9-10-8-6-4-2/h3-4H,1-2,5-12H2;3-4H,1-2,5-10H2. The van der Waals surface area contributed by atoms with E-state index < -0.39 is 0 Å². The van der Waals surface area contributed by atoms with Gasteiger partial charge in [0, 0.05) is 0 Å². The molecule has 0 saturated carbocycles. The van der Waals surface area contributed by atoms with Crippen molar-refractivity contribution in [2.45, 2.75) is 89.9 Å². The maximum atomic E-state index is 3.71. The van der Waals surface area contributed by atoms with E-state index in [-0.39, 0.29) is 0 Å². The maximum absolute atomic E-state index is 3.71. The van der Waals surface area contributed by atoms with Crippen LogP contribution >= 0.6 is 0 Å². The number of hydrogen-bond acceptors (Lipinski definition) is 0. The van der Waals surface area contributed by atoms with E-state index in [1.165, 1.54) is 89.9 Å². The van der Waals surface area contributed by atoms with Gasteiger partial charge in [-0.3, -0.25) is 0 Å². The molecule has 0 heterocycles. The molecular formula is C22H40. The SMILES string of the molecule is C=CCCCCCCC=C.C=CCCCCCCCCC=C. The first-order chi connectivity index (χ1) is 10.8. The van der Waals surface area contributed by atoms with Gasteiger partial charge in [0.15, 0.2) is 0 Å². The summed E-state index contributed by atoms with van der Waals surface area (Å²) >= 11 is 0. The Bertz CT molecular complexity index is 210. The topological polar surface area (TPSA) is 0 Å². The van der Waals surface area contributed by atoms with Crippen LogP contribution in [0.1, 0.15) is 89.9 Å².